The van der Waals surface area contributed by atoms with Crippen molar-refractivity contribution in [2.75, 3.05) is 39.6 Å². The molecule has 1 N–H and O–H groups in total. The summed E-state index contributed by atoms with van der Waals surface area (Å²) in [6.45, 7) is 3.82. The van der Waals surface area contributed by atoms with E-state index in [-0.39, 0.29) is 19.5 Å². The van der Waals surface area contributed by atoms with Crippen molar-refractivity contribution in [2.45, 2.75) is 12.5 Å². The Hall–Kier alpha value is -1.33. The summed E-state index contributed by atoms with van der Waals surface area (Å²) in [6, 6.07) is 6.06. The largest absolute Gasteiger partial charge is 0.454 e. The summed E-state index contributed by atoms with van der Waals surface area (Å²) in [6.07, 6.45) is 0.527. The smallest absolute Gasteiger partial charge is 0.231 e. The highest BCUT2D eigenvalue weighted by Crippen LogP contribution is 2.36. The van der Waals surface area contributed by atoms with Crippen molar-refractivity contribution in [1.29, 1.82) is 0 Å². The zero-order valence-corrected chi connectivity index (χ0v) is 10.9. The summed E-state index contributed by atoms with van der Waals surface area (Å²) >= 11 is 0. The van der Waals surface area contributed by atoms with Crippen molar-refractivity contribution in [2.24, 2.45) is 0 Å². The molecule has 0 radical (unpaired) electrons. The summed E-state index contributed by atoms with van der Waals surface area (Å²) in [7, 11) is 0. The van der Waals surface area contributed by atoms with Gasteiger partial charge < -0.3 is 14.8 Å². The molecule has 19 heavy (non-hydrogen) atoms. The predicted octanol–water partition coefficient (Wildman–Crippen LogP) is 1.72. The second kappa shape index (κ2) is 5.75. The number of nitrogens with one attached hydrogen (secondary N) is 1. The number of rotatable bonds is 4. The average molecular weight is 266 g/mol. The Morgan fingerprint density at radius 3 is 2.79 bits per heavy atom. The molecule has 1 aromatic rings. The van der Waals surface area contributed by atoms with Crippen LogP contribution in [-0.4, -0.2) is 44.5 Å². The van der Waals surface area contributed by atoms with Gasteiger partial charge in [0, 0.05) is 32.2 Å². The highest BCUT2D eigenvalue weighted by molar-refractivity contribution is 5.45. The summed E-state index contributed by atoms with van der Waals surface area (Å²) in [5.41, 5.74) is 1.11. The van der Waals surface area contributed by atoms with E-state index in [0.29, 0.717) is 6.42 Å². The van der Waals surface area contributed by atoms with E-state index in [0.717, 1.165) is 43.2 Å². The molecule has 0 unspecified atom stereocenters. The summed E-state index contributed by atoms with van der Waals surface area (Å²) in [5, 5.41) is 3.32. The van der Waals surface area contributed by atoms with Gasteiger partial charge in [-0.1, -0.05) is 6.07 Å². The minimum atomic E-state index is -0.303. The minimum absolute atomic E-state index is 0.126. The third-order valence-electron chi connectivity index (χ3n) is 3.76. The lowest BCUT2D eigenvalue weighted by Crippen LogP contribution is -2.45. The zero-order valence-electron chi connectivity index (χ0n) is 10.9. The molecular weight excluding hydrogens is 247 g/mol. The lowest BCUT2D eigenvalue weighted by molar-refractivity contribution is 0.157. The Balaban J connectivity index is 1.82. The first-order valence-corrected chi connectivity index (χ1v) is 6.79. The standard InChI is InChI=1S/C14H19FN2O2/c15-4-3-12(17-7-5-16-6-8-17)11-1-2-13-14(9-11)19-10-18-13/h1-2,9,12,16H,3-8,10H2/t12-/m1/s1. The molecule has 0 aromatic heterocycles. The van der Waals surface area contributed by atoms with Crippen LogP contribution in [0.4, 0.5) is 4.39 Å². The van der Waals surface area contributed by atoms with Crippen molar-refractivity contribution < 1.29 is 13.9 Å². The maximum atomic E-state index is 12.9. The molecular formula is C14H19FN2O2. The van der Waals surface area contributed by atoms with Gasteiger partial charge in [0.15, 0.2) is 11.5 Å². The van der Waals surface area contributed by atoms with Gasteiger partial charge in [0.2, 0.25) is 6.79 Å². The Kier molecular flexibility index (Phi) is 3.84. The zero-order chi connectivity index (χ0) is 13.1. The number of piperazine rings is 1. The quantitative estimate of drug-likeness (QED) is 0.899. The van der Waals surface area contributed by atoms with Crippen LogP contribution in [0, 0.1) is 0 Å². The van der Waals surface area contributed by atoms with E-state index >= 15 is 0 Å². The van der Waals surface area contributed by atoms with Gasteiger partial charge in [-0.15, -0.1) is 0 Å². The van der Waals surface area contributed by atoms with E-state index < -0.39 is 0 Å². The fourth-order valence-electron chi connectivity index (χ4n) is 2.78. The number of hydrogen-bond acceptors (Lipinski definition) is 4. The second-order valence-electron chi connectivity index (χ2n) is 4.89. The van der Waals surface area contributed by atoms with E-state index in [9.17, 15) is 4.39 Å². The minimum Gasteiger partial charge on any atom is -0.454 e. The number of nitrogens with zero attached hydrogens (tertiary/aromatic N) is 1. The first-order chi connectivity index (χ1) is 9.38. The first kappa shape index (κ1) is 12.7. The summed E-state index contributed by atoms with van der Waals surface area (Å²) < 4.78 is 23.6. The molecule has 4 nitrogen and oxygen atoms in total. The maximum absolute atomic E-state index is 12.9. The van der Waals surface area contributed by atoms with Gasteiger partial charge in [0.1, 0.15) is 0 Å². The fraction of sp³-hybridized carbons (Fsp3) is 0.571. The van der Waals surface area contributed by atoms with Gasteiger partial charge in [0.05, 0.1) is 6.67 Å². The molecule has 1 fully saturated rings. The van der Waals surface area contributed by atoms with Crippen LogP contribution in [0.3, 0.4) is 0 Å². The SMILES string of the molecule is FCC[C@H](c1ccc2c(c1)OCO2)N1CCNCC1. The van der Waals surface area contributed by atoms with Crippen molar-refractivity contribution in [3.8, 4) is 11.5 Å². The van der Waals surface area contributed by atoms with Crippen LogP contribution in [0.5, 0.6) is 11.5 Å². The van der Waals surface area contributed by atoms with Gasteiger partial charge in [-0.25, -0.2) is 0 Å². The normalized spacial score (nSPS) is 20.5. The fourth-order valence-corrected chi connectivity index (χ4v) is 2.78. The van der Waals surface area contributed by atoms with Crippen LogP contribution < -0.4 is 14.8 Å². The van der Waals surface area contributed by atoms with Gasteiger partial charge in [-0.2, -0.15) is 0 Å². The van der Waals surface area contributed by atoms with Crippen molar-refractivity contribution in [3.63, 3.8) is 0 Å². The van der Waals surface area contributed by atoms with E-state index in [4.69, 9.17) is 9.47 Å². The summed E-state index contributed by atoms with van der Waals surface area (Å²) in [5.74, 6) is 1.56. The van der Waals surface area contributed by atoms with Crippen LogP contribution in [0.1, 0.15) is 18.0 Å². The molecule has 104 valence electrons. The van der Waals surface area contributed by atoms with E-state index in [1.54, 1.807) is 0 Å². The molecule has 1 atom stereocenters. The molecule has 1 aromatic carbocycles. The molecule has 2 heterocycles. The molecule has 0 aliphatic carbocycles. The molecule has 5 heteroatoms. The first-order valence-electron chi connectivity index (χ1n) is 6.79. The number of benzene rings is 1. The van der Waals surface area contributed by atoms with Crippen LogP contribution in [0.15, 0.2) is 18.2 Å². The monoisotopic (exact) mass is 266 g/mol. The lowest BCUT2D eigenvalue weighted by atomic mass is 10.0. The molecule has 2 aliphatic rings. The van der Waals surface area contributed by atoms with Crippen LogP contribution in [0.25, 0.3) is 0 Å². The van der Waals surface area contributed by atoms with Gasteiger partial charge in [-0.3, -0.25) is 9.29 Å². The van der Waals surface area contributed by atoms with Crippen LogP contribution in [-0.2, 0) is 0 Å². The highest BCUT2D eigenvalue weighted by atomic mass is 19.1. The third kappa shape index (κ3) is 2.67. The average Bonchev–Trinajstić information content (AvgIpc) is 2.93. The topological polar surface area (TPSA) is 33.7 Å². The van der Waals surface area contributed by atoms with Crippen molar-refractivity contribution >= 4 is 0 Å². The summed E-state index contributed by atoms with van der Waals surface area (Å²) in [4.78, 5) is 2.34. The Morgan fingerprint density at radius 2 is 2.00 bits per heavy atom. The third-order valence-corrected chi connectivity index (χ3v) is 3.76. The van der Waals surface area contributed by atoms with Gasteiger partial charge >= 0.3 is 0 Å². The Bertz CT molecular complexity index is 435. The predicted molar refractivity (Wildman–Crippen MR) is 70.3 cm³/mol. The van der Waals surface area contributed by atoms with E-state index in [1.165, 1.54) is 0 Å². The second-order valence-corrected chi connectivity index (χ2v) is 4.89. The van der Waals surface area contributed by atoms with Crippen molar-refractivity contribution in [3.05, 3.63) is 23.8 Å². The Labute approximate surface area is 112 Å². The number of ether oxygens (including phenoxy) is 2. The van der Waals surface area contributed by atoms with Gasteiger partial charge in [0.25, 0.3) is 0 Å². The highest BCUT2D eigenvalue weighted by Gasteiger charge is 2.24. The van der Waals surface area contributed by atoms with Crippen LogP contribution >= 0.6 is 0 Å². The maximum Gasteiger partial charge on any atom is 0.231 e. The molecule has 2 aliphatic heterocycles. The number of halogens is 1. The molecule has 0 bridgehead atoms. The van der Waals surface area contributed by atoms with Crippen LogP contribution in [0.2, 0.25) is 0 Å². The molecule has 0 spiro atoms. The molecule has 0 saturated carbocycles. The number of hydrogen-bond donors (Lipinski definition) is 1. The van der Waals surface area contributed by atoms with Crippen molar-refractivity contribution in [1.82, 2.24) is 10.2 Å². The molecule has 0 amide bonds. The van der Waals surface area contributed by atoms with Gasteiger partial charge in [-0.05, 0) is 24.1 Å². The van der Waals surface area contributed by atoms with E-state index in [2.05, 4.69) is 10.2 Å². The molecule has 1 saturated heterocycles. The lowest BCUT2D eigenvalue weighted by Gasteiger charge is -2.35. The number of fused-ring (bicyclic) bond motifs is 1. The van der Waals surface area contributed by atoms with E-state index in [1.807, 2.05) is 18.2 Å². The Morgan fingerprint density at radius 1 is 1.21 bits per heavy atom. The molecule has 3 rings (SSSR count). The number of alkyl halides is 1.